The van der Waals surface area contributed by atoms with Gasteiger partial charge in [-0.15, -0.1) is 0 Å². The molecular weight excluding hydrogens is 433 g/mol. The van der Waals surface area contributed by atoms with Crippen LogP contribution in [0.25, 0.3) is 38.9 Å². The van der Waals surface area contributed by atoms with Crippen molar-refractivity contribution < 1.29 is 0 Å². The molecular formula is C23H19Cl2N5O. The van der Waals surface area contributed by atoms with E-state index in [-0.39, 0.29) is 11.6 Å². The molecule has 31 heavy (non-hydrogen) atoms. The summed E-state index contributed by atoms with van der Waals surface area (Å²) in [6, 6.07) is 12.8. The Hall–Kier alpha value is -2.96. The molecule has 0 aliphatic carbocycles. The lowest BCUT2D eigenvalue weighted by atomic mass is 10.2. The fourth-order valence-corrected chi connectivity index (χ4v) is 4.37. The molecule has 0 aliphatic heterocycles. The van der Waals surface area contributed by atoms with E-state index >= 15 is 0 Å². The minimum atomic E-state index is -0.136. The van der Waals surface area contributed by atoms with Crippen LogP contribution in [0.1, 0.15) is 32.1 Å². The van der Waals surface area contributed by atoms with Crippen LogP contribution in [0.2, 0.25) is 10.0 Å². The van der Waals surface area contributed by atoms with Crippen molar-refractivity contribution in [2.75, 3.05) is 0 Å². The Balaban J connectivity index is 2.05. The first-order valence-corrected chi connectivity index (χ1v) is 10.8. The summed E-state index contributed by atoms with van der Waals surface area (Å²) in [6.45, 7) is 5.89. The van der Waals surface area contributed by atoms with Crippen molar-refractivity contribution in [2.24, 2.45) is 0 Å². The molecule has 5 aromatic rings. The molecule has 0 N–H and O–H groups in total. The van der Waals surface area contributed by atoms with Gasteiger partial charge in [-0.3, -0.25) is 13.9 Å². The van der Waals surface area contributed by atoms with E-state index in [4.69, 9.17) is 38.2 Å². The molecule has 0 saturated heterocycles. The van der Waals surface area contributed by atoms with Crippen molar-refractivity contribution in [1.82, 2.24) is 24.1 Å². The molecule has 0 amide bonds. The van der Waals surface area contributed by atoms with Gasteiger partial charge in [0.2, 0.25) is 0 Å². The third-order valence-corrected chi connectivity index (χ3v) is 6.22. The molecule has 1 atom stereocenters. The molecule has 2 aromatic carbocycles. The highest BCUT2D eigenvalue weighted by atomic mass is 35.5. The second kappa shape index (κ2) is 7.32. The fraction of sp³-hybridized carbons (Fsp3) is 0.217. The minimum Gasteiger partial charge on any atom is -0.293 e. The predicted molar refractivity (Wildman–Crippen MR) is 126 cm³/mol. The molecule has 3 aromatic heterocycles. The number of para-hydroxylation sites is 2. The number of aromatic nitrogens is 5. The lowest BCUT2D eigenvalue weighted by molar-refractivity contribution is 0.497. The fourth-order valence-electron chi connectivity index (χ4n) is 4.00. The van der Waals surface area contributed by atoms with Crippen LogP contribution in [0.3, 0.4) is 0 Å². The molecule has 1 unspecified atom stereocenters. The third kappa shape index (κ3) is 3.01. The molecule has 0 bridgehead atoms. The third-order valence-electron chi connectivity index (χ3n) is 5.67. The van der Waals surface area contributed by atoms with E-state index in [1.807, 2.05) is 45.0 Å². The number of hydrogen-bond acceptors (Lipinski definition) is 4. The SMILES string of the molecule is CCC(C)n1c(C)nc2c(c1=O)c1nc3ccccc3nc1n2-c1cc(Cl)ccc1Cl. The summed E-state index contributed by atoms with van der Waals surface area (Å²) < 4.78 is 3.51. The van der Waals surface area contributed by atoms with Gasteiger partial charge in [0.05, 0.1) is 21.7 Å². The average molecular weight is 452 g/mol. The van der Waals surface area contributed by atoms with Crippen molar-refractivity contribution in [3.63, 3.8) is 0 Å². The van der Waals surface area contributed by atoms with Gasteiger partial charge in [-0.25, -0.2) is 15.0 Å². The van der Waals surface area contributed by atoms with Gasteiger partial charge in [-0.1, -0.05) is 42.3 Å². The van der Waals surface area contributed by atoms with Crippen molar-refractivity contribution >= 4 is 56.4 Å². The van der Waals surface area contributed by atoms with Gasteiger partial charge in [-0.2, -0.15) is 0 Å². The lowest BCUT2D eigenvalue weighted by Crippen LogP contribution is -2.26. The van der Waals surface area contributed by atoms with Crippen LogP contribution < -0.4 is 5.56 Å². The summed E-state index contributed by atoms with van der Waals surface area (Å²) >= 11 is 12.8. The molecule has 5 rings (SSSR count). The first-order chi connectivity index (χ1) is 14.9. The Labute approximate surface area is 188 Å². The van der Waals surface area contributed by atoms with Crippen LogP contribution in [-0.4, -0.2) is 24.1 Å². The zero-order valence-electron chi connectivity index (χ0n) is 17.2. The summed E-state index contributed by atoms with van der Waals surface area (Å²) in [7, 11) is 0. The Morgan fingerprint density at radius 2 is 1.71 bits per heavy atom. The lowest BCUT2D eigenvalue weighted by Gasteiger charge is -2.16. The second-order valence-corrected chi connectivity index (χ2v) is 8.45. The Kier molecular flexibility index (Phi) is 4.72. The van der Waals surface area contributed by atoms with E-state index in [1.54, 1.807) is 27.3 Å². The van der Waals surface area contributed by atoms with Gasteiger partial charge in [0.1, 0.15) is 16.7 Å². The van der Waals surface area contributed by atoms with Crippen LogP contribution in [0, 0.1) is 6.92 Å². The maximum Gasteiger partial charge on any atom is 0.265 e. The van der Waals surface area contributed by atoms with Crippen LogP contribution in [0.4, 0.5) is 0 Å². The molecule has 0 aliphatic rings. The highest BCUT2D eigenvalue weighted by Crippen LogP contribution is 2.33. The number of halogens is 2. The molecule has 0 fully saturated rings. The number of nitrogens with zero attached hydrogens (tertiary/aromatic N) is 5. The summed E-state index contributed by atoms with van der Waals surface area (Å²) in [6.07, 6.45) is 0.807. The van der Waals surface area contributed by atoms with E-state index < -0.39 is 0 Å². The Bertz CT molecular complexity index is 1550. The zero-order valence-corrected chi connectivity index (χ0v) is 18.7. The summed E-state index contributed by atoms with van der Waals surface area (Å²) in [5.74, 6) is 0.624. The first-order valence-electron chi connectivity index (χ1n) is 10.1. The van der Waals surface area contributed by atoms with E-state index in [0.717, 1.165) is 11.9 Å². The van der Waals surface area contributed by atoms with Crippen molar-refractivity contribution in [3.05, 3.63) is 68.7 Å². The minimum absolute atomic E-state index is 0.00553. The Morgan fingerprint density at radius 1 is 1.00 bits per heavy atom. The van der Waals surface area contributed by atoms with Crippen LogP contribution >= 0.6 is 23.2 Å². The largest absolute Gasteiger partial charge is 0.293 e. The number of aryl methyl sites for hydroxylation is 1. The number of rotatable bonds is 3. The second-order valence-electron chi connectivity index (χ2n) is 7.61. The molecule has 0 spiro atoms. The van der Waals surface area contributed by atoms with Crippen molar-refractivity contribution in [1.29, 1.82) is 0 Å². The summed E-state index contributed by atoms with van der Waals surface area (Å²) in [4.78, 5) is 28.1. The van der Waals surface area contributed by atoms with Gasteiger partial charge in [0, 0.05) is 11.1 Å². The predicted octanol–water partition coefficient (Wildman–Crippen LogP) is 5.87. The Morgan fingerprint density at radius 3 is 2.42 bits per heavy atom. The van der Waals surface area contributed by atoms with Crippen LogP contribution in [0.15, 0.2) is 47.3 Å². The topological polar surface area (TPSA) is 65.6 Å². The maximum atomic E-state index is 13.7. The highest BCUT2D eigenvalue weighted by molar-refractivity contribution is 6.34. The summed E-state index contributed by atoms with van der Waals surface area (Å²) in [5.41, 5.74) is 3.38. The van der Waals surface area contributed by atoms with Gasteiger partial charge in [0.15, 0.2) is 11.3 Å². The van der Waals surface area contributed by atoms with Gasteiger partial charge in [0.25, 0.3) is 5.56 Å². The monoisotopic (exact) mass is 451 g/mol. The normalized spacial score (nSPS) is 12.8. The number of hydrogen-bond donors (Lipinski definition) is 0. The van der Waals surface area contributed by atoms with E-state index in [1.165, 1.54) is 0 Å². The van der Waals surface area contributed by atoms with Gasteiger partial charge in [-0.05, 0) is 50.6 Å². The standard InChI is InChI=1S/C23H19Cl2N5O/c1-4-12(2)29-13(3)26-21-19(23(29)31)20-22(28-17-8-6-5-7-16(17)27-20)30(21)18-11-14(24)9-10-15(18)25/h5-12H,4H2,1-3H3. The number of benzene rings is 2. The quantitative estimate of drug-likeness (QED) is 0.344. The van der Waals surface area contributed by atoms with E-state index in [0.29, 0.717) is 49.3 Å². The van der Waals surface area contributed by atoms with Crippen LogP contribution in [0.5, 0.6) is 0 Å². The molecule has 0 saturated carbocycles. The average Bonchev–Trinajstić information content (AvgIpc) is 3.06. The molecule has 156 valence electrons. The zero-order chi connectivity index (χ0) is 21.9. The molecule has 6 nitrogen and oxygen atoms in total. The van der Waals surface area contributed by atoms with Crippen molar-refractivity contribution in [3.8, 4) is 5.69 Å². The van der Waals surface area contributed by atoms with E-state index in [9.17, 15) is 4.79 Å². The molecule has 3 heterocycles. The highest BCUT2D eigenvalue weighted by Gasteiger charge is 2.24. The van der Waals surface area contributed by atoms with Gasteiger partial charge < -0.3 is 0 Å². The van der Waals surface area contributed by atoms with Gasteiger partial charge >= 0.3 is 0 Å². The number of fused-ring (bicyclic) bond motifs is 4. The van der Waals surface area contributed by atoms with Crippen molar-refractivity contribution in [2.45, 2.75) is 33.2 Å². The van der Waals surface area contributed by atoms with E-state index in [2.05, 4.69) is 0 Å². The molecule has 8 heteroatoms. The molecule has 0 radical (unpaired) electrons. The first kappa shape index (κ1) is 20.0. The summed E-state index contributed by atoms with van der Waals surface area (Å²) in [5, 5.41) is 1.42. The maximum absolute atomic E-state index is 13.7. The smallest absolute Gasteiger partial charge is 0.265 e. The van der Waals surface area contributed by atoms with Crippen LogP contribution in [-0.2, 0) is 0 Å².